The van der Waals surface area contributed by atoms with Gasteiger partial charge in [-0.15, -0.1) is 11.3 Å². The number of hydrogen-bond acceptors (Lipinski definition) is 5. The summed E-state index contributed by atoms with van der Waals surface area (Å²) in [5.74, 6) is -1.35. The van der Waals surface area contributed by atoms with Crippen LogP contribution in [0.5, 0.6) is 0 Å². The first kappa shape index (κ1) is 15.7. The lowest BCUT2D eigenvalue weighted by molar-refractivity contribution is -0.142. The van der Waals surface area contributed by atoms with E-state index in [0.29, 0.717) is 11.0 Å². The van der Waals surface area contributed by atoms with Crippen molar-refractivity contribution in [3.05, 3.63) is 11.1 Å². The Kier molecular flexibility index (Phi) is 4.79. The third-order valence-electron chi connectivity index (χ3n) is 3.51. The second-order valence-electron chi connectivity index (χ2n) is 5.32. The molecule has 8 heteroatoms. The predicted molar refractivity (Wildman–Crippen MR) is 78.7 cm³/mol. The number of nitrogens with one attached hydrogen (secondary N) is 1. The highest BCUT2D eigenvalue weighted by Gasteiger charge is 2.38. The SMILES string of the molecule is CC(C)c1csc(NC(=O)N(C)C2COCC2C(=O)O)n1. The highest BCUT2D eigenvalue weighted by atomic mass is 32.1. The van der Waals surface area contributed by atoms with Gasteiger partial charge in [-0.1, -0.05) is 13.8 Å². The molecule has 2 amide bonds. The maximum absolute atomic E-state index is 12.2. The van der Waals surface area contributed by atoms with Crippen molar-refractivity contribution in [1.29, 1.82) is 0 Å². The third-order valence-corrected chi connectivity index (χ3v) is 4.29. The zero-order chi connectivity index (χ0) is 15.6. The number of hydrogen-bond donors (Lipinski definition) is 2. The van der Waals surface area contributed by atoms with Crippen LogP contribution in [0.15, 0.2) is 5.38 Å². The Hall–Kier alpha value is -1.67. The second-order valence-corrected chi connectivity index (χ2v) is 6.18. The minimum absolute atomic E-state index is 0.131. The first-order chi connectivity index (χ1) is 9.90. The van der Waals surface area contributed by atoms with Gasteiger partial charge >= 0.3 is 12.0 Å². The molecule has 0 radical (unpaired) electrons. The van der Waals surface area contributed by atoms with E-state index in [1.807, 2.05) is 19.2 Å². The van der Waals surface area contributed by atoms with Gasteiger partial charge in [-0.25, -0.2) is 9.78 Å². The average Bonchev–Trinajstić information content (AvgIpc) is 3.06. The van der Waals surface area contributed by atoms with Gasteiger partial charge < -0.3 is 14.7 Å². The first-order valence-corrected chi connectivity index (χ1v) is 7.58. The fourth-order valence-electron chi connectivity index (χ4n) is 2.10. The van der Waals surface area contributed by atoms with Gasteiger partial charge in [0, 0.05) is 12.4 Å². The Morgan fingerprint density at radius 3 is 2.81 bits per heavy atom. The average molecular weight is 313 g/mol. The number of nitrogens with zero attached hydrogens (tertiary/aromatic N) is 2. The van der Waals surface area contributed by atoms with Crippen LogP contribution in [0.1, 0.15) is 25.5 Å². The normalized spacial score (nSPS) is 21.5. The van der Waals surface area contributed by atoms with E-state index in [0.717, 1.165) is 5.69 Å². The number of aromatic nitrogens is 1. The topological polar surface area (TPSA) is 91.8 Å². The molecule has 7 nitrogen and oxygen atoms in total. The second kappa shape index (κ2) is 6.40. The smallest absolute Gasteiger partial charge is 0.323 e. The molecule has 1 aromatic heterocycles. The summed E-state index contributed by atoms with van der Waals surface area (Å²) in [6, 6.07) is -0.839. The molecule has 2 heterocycles. The molecular weight excluding hydrogens is 294 g/mol. The molecule has 1 saturated heterocycles. The molecule has 2 N–H and O–H groups in total. The van der Waals surface area contributed by atoms with E-state index < -0.39 is 17.9 Å². The summed E-state index contributed by atoms with van der Waals surface area (Å²) in [5.41, 5.74) is 0.922. The van der Waals surface area contributed by atoms with Crippen LogP contribution in [0.25, 0.3) is 0 Å². The molecule has 2 atom stereocenters. The molecule has 1 aliphatic heterocycles. The van der Waals surface area contributed by atoms with Crippen LogP contribution in [0.4, 0.5) is 9.93 Å². The van der Waals surface area contributed by atoms with Crippen LogP contribution >= 0.6 is 11.3 Å². The number of likely N-dealkylation sites (N-methyl/N-ethyl adjacent to an activating group) is 1. The maximum Gasteiger partial charge on any atom is 0.323 e. The predicted octanol–water partition coefficient (Wildman–Crippen LogP) is 1.83. The number of aliphatic carboxylic acids is 1. The van der Waals surface area contributed by atoms with Crippen molar-refractivity contribution in [3.8, 4) is 0 Å². The van der Waals surface area contributed by atoms with Gasteiger partial charge in [-0.05, 0) is 5.92 Å². The van der Waals surface area contributed by atoms with Crippen molar-refractivity contribution in [1.82, 2.24) is 9.88 Å². The van der Waals surface area contributed by atoms with E-state index >= 15 is 0 Å². The van der Waals surface area contributed by atoms with E-state index in [1.54, 1.807) is 7.05 Å². The number of anilines is 1. The molecule has 2 unspecified atom stereocenters. The Morgan fingerprint density at radius 2 is 2.24 bits per heavy atom. The minimum Gasteiger partial charge on any atom is -0.481 e. The summed E-state index contributed by atoms with van der Waals surface area (Å²) in [6.07, 6.45) is 0. The largest absolute Gasteiger partial charge is 0.481 e. The molecule has 116 valence electrons. The summed E-state index contributed by atoms with van der Waals surface area (Å²) in [4.78, 5) is 29.0. The van der Waals surface area contributed by atoms with Crippen LogP contribution < -0.4 is 5.32 Å². The maximum atomic E-state index is 12.2. The number of rotatable bonds is 4. The van der Waals surface area contributed by atoms with E-state index in [-0.39, 0.29) is 19.2 Å². The van der Waals surface area contributed by atoms with Gasteiger partial charge in [0.1, 0.15) is 5.92 Å². The van der Waals surface area contributed by atoms with Crippen molar-refractivity contribution in [2.75, 3.05) is 25.6 Å². The third kappa shape index (κ3) is 3.51. The van der Waals surface area contributed by atoms with Crippen molar-refractivity contribution < 1.29 is 19.4 Å². The van der Waals surface area contributed by atoms with Gasteiger partial charge in [-0.2, -0.15) is 0 Å². The van der Waals surface area contributed by atoms with Crippen LogP contribution in [0, 0.1) is 5.92 Å². The number of carbonyl (C=O) groups excluding carboxylic acids is 1. The molecule has 0 aromatic carbocycles. The van der Waals surface area contributed by atoms with E-state index in [2.05, 4.69) is 10.3 Å². The number of amides is 2. The molecule has 1 fully saturated rings. The standard InChI is InChI=1S/C13H19N3O4S/c1-7(2)9-6-21-12(14-9)15-13(19)16(3)10-5-20-4-8(10)11(17)18/h6-8,10H,4-5H2,1-3H3,(H,17,18)(H,14,15,19). The Morgan fingerprint density at radius 1 is 1.52 bits per heavy atom. The fourth-order valence-corrected chi connectivity index (χ4v) is 2.96. The Labute approximate surface area is 126 Å². The highest BCUT2D eigenvalue weighted by Crippen LogP contribution is 2.23. The number of ether oxygens (including phenoxy) is 1. The van der Waals surface area contributed by atoms with E-state index in [4.69, 9.17) is 9.84 Å². The fraction of sp³-hybridized carbons (Fsp3) is 0.615. The van der Waals surface area contributed by atoms with Crippen LogP contribution in [0.3, 0.4) is 0 Å². The summed E-state index contributed by atoms with van der Waals surface area (Å²) < 4.78 is 5.17. The van der Waals surface area contributed by atoms with Crippen molar-refractivity contribution in [2.24, 2.45) is 5.92 Å². The van der Waals surface area contributed by atoms with Crippen LogP contribution in [-0.2, 0) is 9.53 Å². The lowest BCUT2D eigenvalue weighted by Gasteiger charge is -2.25. The molecule has 0 saturated carbocycles. The van der Waals surface area contributed by atoms with Crippen LogP contribution in [0.2, 0.25) is 0 Å². The van der Waals surface area contributed by atoms with Crippen molar-refractivity contribution in [2.45, 2.75) is 25.8 Å². The van der Waals surface area contributed by atoms with Gasteiger partial charge in [0.15, 0.2) is 5.13 Å². The Balaban J connectivity index is 2.00. The zero-order valence-electron chi connectivity index (χ0n) is 12.2. The van der Waals surface area contributed by atoms with Crippen LogP contribution in [-0.4, -0.2) is 53.3 Å². The molecular formula is C13H19N3O4S. The van der Waals surface area contributed by atoms with Crippen molar-refractivity contribution >= 4 is 28.5 Å². The first-order valence-electron chi connectivity index (χ1n) is 6.70. The monoisotopic (exact) mass is 313 g/mol. The van der Waals surface area contributed by atoms with E-state index in [9.17, 15) is 9.59 Å². The molecule has 0 bridgehead atoms. The molecule has 0 aliphatic carbocycles. The summed E-state index contributed by atoms with van der Waals surface area (Å²) in [5, 5.41) is 14.2. The molecule has 1 aromatic rings. The van der Waals surface area contributed by atoms with Gasteiger partial charge in [0.05, 0.1) is 24.9 Å². The van der Waals surface area contributed by atoms with Gasteiger partial charge in [-0.3, -0.25) is 10.1 Å². The van der Waals surface area contributed by atoms with Gasteiger partial charge in [0.25, 0.3) is 0 Å². The highest BCUT2D eigenvalue weighted by molar-refractivity contribution is 7.13. The number of thiazole rings is 1. The minimum atomic E-state index is -0.950. The quantitative estimate of drug-likeness (QED) is 0.885. The number of carbonyl (C=O) groups is 2. The Bertz CT molecular complexity index is 531. The number of carboxylic acid groups (broad SMARTS) is 1. The number of urea groups is 1. The summed E-state index contributed by atoms with van der Waals surface area (Å²) in [7, 11) is 1.57. The lowest BCUT2D eigenvalue weighted by Crippen LogP contribution is -2.45. The van der Waals surface area contributed by atoms with E-state index in [1.165, 1.54) is 16.2 Å². The molecule has 21 heavy (non-hydrogen) atoms. The molecule has 1 aliphatic rings. The summed E-state index contributed by atoms with van der Waals surface area (Å²) >= 11 is 1.36. The zero-order valence-corrected chi connectivity index (χ0v) is 13.0. The lowest BCUT2D eigenvalue weighted by atomic mass is 10.0. The molecule has 2 rings (SSSR count). The van der Waals surface area contributed by atoms with Crippen molar-refractivity contribution in [3.63, 3.8) is 0 Å². The molecule has 0 spiro atoms. The number of carboxylic acids is 1. The summed E-state index contributed by atoms with van der Waals surface area (Å²) in [6.45, 7) is 4.42. The van der Waals surface area contributed by atoms with Gasteiger partial charge in [0.2, 0.25) is 0 Å².